The fourth-order valence-electron chi connectivity index (χ4n) is 5.17. The molecule has 0 heterocycles. The van der Waals surface area contributed by atoms with Crippen molar-refractivity contribution in [3.63, 3.8) is 0 Å². The molecule has 24 heavy (non-hydrogen) atoms. The molecule has 0 bridgehead atoms. The number of Topliss-reactive ketones (excluding diaryl/α,β-unsaturated/α-hetero) is 2. The second-order valence-corrected chi connectivity index (χ2v) is 7.58. The number of benzene rings is 2. The quantitative estimate of drug-likeness (QED) is 0.748. The van der Waals surface area contributed by atoms with E-state index in [1.807, 2.05) is 24.3 Å². The van der Waals surface area contributed by atoms with Gasteiger partial charge in [-0.1, -0.05) is 48.5 Å². The van der Waals surface area contributed by atoms with Crippen LogP contribution in [0, 0.1) is 23.7 Å². The van der Waals surface area contributed by atoms with Crippen LogP contribution in [0.5, 0.6) is 0 Å². The van der Waals surface area contributed by atoms with E-state index >= 15 is 0 Å². The van der Waals surface area contributed by atoms with Crippen molar-refractivity contribution in [2.45, 2.75) is 25.7 Å². The Bertz CT molecular complexity index is 713. The predicted molar refractivity (Wildman–Crippen MR) is 91.7 cm³/mol. The summed E-state index contributed by atoms with van der Waals surface area (Å²) in [6.07, 6.45) is 2.99. The van der Waals surface area contributed by atoms with Gasteiger partial charge in [0.25, 0.3) is 0 Å². The molecule has 0 radical (unpaired) electrons. The minimum Gasteiger partial charge on any atom is -0.299 e. The summed E-state index contributed by atoms with van der Waals surface area (Å²) in [4.78, 5) is 26.4. The molecule has 2 aromatic rings. The first-order chi connectivity index (χ1) is 11.7. The average Bonchev–Trinajstić information content (AvgIpc) is 2.64. The second-order valence-electron chi connectivity index (χ2n) is 7.58. The molecule has 0 unspecified atom stereocenters. The second kappa shape index (κ2) is 5.14. The Morgan fingerprint density at radius 3 is 1.00 bits per heavy atom. The van der Waals surface area contributed by atoms with E-state index in [0.29, 0.717) is 11.6 Å². The van der Waals surface area contributed by atoms with Crippen LogP contribution in [0.1, 0.15) is 22.3 Å². The lowest BCUT2D eigenvalue weighted by Crippen LogP contribution is -2.53. The summed E-state index contributed by atoms with van der Waals surface area (Å²) < 4.78 is 0. The van der Waals surface area contributed by atoms with Crippen molar-refractivity contribution in [1.29, 1.82) is 0 Å². The molecule has 0 N–H and O–H groups in total. The van der Waals surface area contributed by atoms with E-state index in [0.717, 1.165) is 25.7 Å². The van der Waals surface area contributed by atoms with E-state index in [9.17, 15) is 9.59 Å². The summed E-state index contributed by atoms with van der Waals surface area (Å²) >= 11 is 0. The highest BCUT2D eigenvalue weighted by molar-refractivity contribution is 6.00. The molecule has 2 nitrogen and oxygen atoms in total. The van der Waals surface area contributed by atoms with E-state index in [2.05, 4.69) is 24.3 Å². The van der Waals surface area contributed by atoms with Gasteiger partial charge in [0.1, 0.15) is 11.6 Å². The lowest BCUT2D eigenvalue weighted by molar-refractivity contribution is -0.148. The monoisotopic (exact) mass is 316 g/mol. The van der Waals surface area contributed by atoms with Gasteiger partial charge in [-0.3, -0.25) is 9.59 Å². The Morgan fingerprint density at radius 2 is 0.750 bits per heavy atom. The van der Waals surface area contributed by atoms with E-state index in [1.165, 1.54) is 22.3 Å². The minimum absolute atomic E-state index is 0.0982. The highest BCUT2D eigenvalue weighted by atomic mass is 16.1. The molecule has 2 heteroatoms. The molecule has 0 amide bonds. The van der Waals surface area contributed by atoms with Gasteiger partial charge in [-0.05, 0) is 47.9 Å². The van der Waals surface area contributed by atoms with Crippen LogP contribution in [-0.4, -0.2) is 11.6 Å². The number of fused-ring (bicyclic) bond motifs is 4. The molecule has 5 rings (SSSR count). The number of carbonyl (C=O) groups excluding carboxylic acids is 2. The van der Waals surface area contributed by atoms with Gasteiger partial charge in [-0.15, -0.1) is 0 Å². The third-order valence-electron chi connectivity index (χ3n) is 6.43. The fraction of sp³-hybridized carbons (Fsp3) is 0.364. The highest BCUT2D eigenvalue weighted by Crippen LogP contribution is 2.44. The summed E-state index contributed by atoms with van der Waals surface area (Å²) in [5.41, 5.74) is 5.04. The molecule has 0 aliphatic heterocycles. The molecule has 0 aromatic heterocycles. The van der Waals surface area contributed by atoms with Crippen LogP contribution in [0.3, 0.4) is 0 Å². The lowest BCUT2D eigenvalue weighted by atomic mass is 9.57. The molecule has 120 valence electrons. The SMILES string of the molecule is O=C1[C@H]2Cc3ccccc3C[C@H]2C(=O)[C@@H]2Cc3ccccc3C[C@H]12. The van der Waals surface area contributed by atoms with Crippen molar-refractivity contribution >= 4 is 11.6 Å². The van der Waals surface area contributed by atoms with Crippen molar-refractivity contribution in [2.75, 3.05) is 0 Å². The number of hydrogen-bond acceptors (Lipinski definition) is 2. The fourth-order valence-corrected chi connectivity index (χ4v) is 5.17. The number of ketones is 2. The van der Waals surface area contributed by atoms with Crippen molar-refractivity contribution in [2.24, 2.45) is 23.7 Å². The number of rotatable bonds is 0. The van der Waals surface area contributed by atoms with Crippen LogP contribution in [0.2, 0.25) is 0 Å². The standard InChI is InChI=1S/C22H20O2/c23-21-17-9-13-5-1-2-6-14(13)10-18(17)22(24)20-12-16-8-4-3-7-15(16)11-19(20)21/h1-8,17-20H,9-12H2/t17-,18+,19-,20+. The van der Waals surface area contributed by atoms with Crippen LogP contribution >= 0.6 is 0 Å². The first-order valence-corrected chi connectivity index (χ1v) is 8.93. The molecule has 0 saturated heterocycles. The number of carbonyl (C=O) groups is 2. The van der Waals surface area contributed by atoms with E-state index < -0.39 is 0 Å². The lowest BCUT2D eigenvalue weighted by Gasteiger charge is -2.44. The third kappa shape index (κ3) is 1.95. The maximum Gasteiger partial charge on any atom is 0.141 e. The van der Waals surface area contributed by atoms with Gasteiger partial charge in [0, 0.05) is 23.7 Å². The minimum atomic E-state index is -0.0982. The summed E-state index contributed by atoms with van der Waals surface area (Å²) in [5.74, 6) is 0.290. The third-order valence-corrected chi connectivity index (χ3v) is 6.43. The Labute approximate surface area is 141 Å². The Hall–Kier alpha value is -2.22. The molecule has 0 spiro atoms. The van der Waals surface area contributed by atoms with Crippen molar-refractivity contribution < 1.29 is 9.59 Å². The summed E-state index contributed by atoms with van der Waals surface area (Å²) in [7, 11) is 0. The summed E-state index contributed by atoms with van der Waals surface area (Å²) in [6.45, 7) is 0. The normalized spacial score (nSPS) is 30.8. The predicted octanol–water partition coefficient (Wildman–Crippen LogP) is 3.20. The van der Waals surface area contributed by atoms with Crippen molar-refractivity contribution in [3.8, 4) is 0 Å². The van der Waals surface area contributed by atoms with Crippen LogP contribution in [-0.2, 0) is 35.3 Å². The van der Waals surface area contributed by atoms with E-state index in [-0.39, 0.29) is 23.7 Å². The van der Waals surface area contributed by atoms with Gasteiger partial charge in [-0.25, -0.2) is 0 Å². The van der Waals surface area contributed by atoms with Crippen LogP contribution in [0.4, 0.5) is 0 Å². The molecular weight excluding hydrogens is 296 g/mol. The average molecular weight is 316 g/mol. The molecule has 3 aliphatic carbocycles. The Balaban J connectivity index is 1.54. The van der Waals surface area contributed by atoms with Gasteiger partial charge < -0.3 is 0 Å². The zero-order valence-electron chi connectivity index (χ0n) is 13.6. The van der Waals surface area contributed by atoms with E-state index in [1.54, 1.807) is 0 Å². The largest absolute Gasteiger partial charge is 0.299 e. The molecular formula is C22H20O2. The van der Waals surface area contributed by atoms with Gasteiger partial charge in [0.15, 0.2) is 0 Å². The first-order valence-electron chi connectivity index (χ1n) is 8.93. The zero-order chi connectivity index (χ0) is 16.3. The topological polar surface area (TPSA) is 34.1 Å². The molecule has 3 aliphatic rings. The maximum absolute atomic E-state index is 13.2. The van der Waals surface area contributed by atoms with Gasteiger partial charge >= 0.3 is 0 Å². The summed E-state index contributed by atoms with van der Waals surface area (Å²) in [5, 5.41) is 0. The number of hydrogen-bond donors (Lipinski definition) is 0. The van der Waals surface area contributed by atoms with Gasteiger partial charge in [0.2, 0.25) is 0 Å². The maximum atomic E-state index is 13.2. The van der Waals surface area contributed by atoms with Crippen LogP contribution < -0.4 is 0 Å². The molecule has 1 saturated carbocycles. The first kappa shape index (κ1) is 14.2. The van der Waals surface area contributed by atoms with Crippen LogP contribution in [0.25, 0.3) is 0 Å². The smallest absolute Gasteiger partial charge is 0.141 e. The Morgan fingerprint density at radius 1 is 0.500 bits per heavy atom. The Kier molecular flexibility index (Phi) is 3.03. The highest BCUT2D eigenvalue weighted by Gasteiger charge is 2.51. The van der Waals surface area contributed by atoms with Crippen molar-refractivity contribution in [1.82, 2.24) is 0 Å². The molecule has 4 atom stereocenters. The van der Waals surface area contributed by atoms with Crippen molar-refractivity contribution in [3.05, 3.63) is 70.8 Å². The van der Waals surface area contributed by atoms with E-state index in [4.69, 9.17) is 0 Å². The zero-order valence-corrected chi connectivity index (χ0v) is 13.6. The van der Waals surface area contributed by atoms with Crippen LogP contribution in [0.15, 0.2) is 48.5 Å². The van der Waals surface area contributed by atoms with Gasteiger partial charge in [0.05, 0.1) is 0 Å². The summed E-state index contributed by atoms with van der Waals surface area (Å²) in [6, 6.07) is 16.6. The van der Waals surface area contributed by atoms with Gasteiger partial charge in [-0.2, -0.15) is 0 Å². The molecule has 1 fully saturated rings. The molecule has 2 aromatic carbocycles.